The van der Waals surface area contributed by atoms with Crippen LogP contribution in [0.4, 0.5) is 0 Å². The van der Waals surface area contributed by atoms with Crippen LogP contribution in [0.3, 0.4) is 0 Å². The molecule has 96 valence electrons. The largest absolute Gasteiger partial charge is 0.363 e. The number of carbonyl (C=O) groups excluding carboxylic acids is 1. The molecule has 0 radical (unpaired) electrons. The smallest absolute Gasteiger partial charge is 0.248 e. The number of hydrogen-bond acceptors (Lipinski definition) is 4. The fourth-order valence-electron chi connectivity index (χ4n) is 1.69. The van der Waals surface area contributed by atoms with E-state index in [9.17, 15) is 4.79 Å². The first-order valence-corrected chi connectivity index (χ1v) is 6.03. The Labute approximate surface area is 103 Å². The van der Waals surface area contributed by atoms with E-state index in [1.165, 1.54) is 0 Å². The third-order valence-electron chi connectivity index (χ3n) is 2.99. The summed E-state index contributed by atoms with van der Waals surface area (Å²) in [7, 11) is 0. The standard InChI is InChI=1S/C12H21N3O2/c1-4-15(6-10(2)5-13)11(16)7-17-12(3)8-14-9-12/h10,14H,4,6-9H2,1-3H3. The van der Waals surface area contributed by atoms with Crippen LogP contribution < -0.4 is 5.32 Å². The Bertz CT molecular complexity index is 307. The number of hydrogen-bond donors (Lipinski definition) is 1. The van der Waals surface area contributed by atoms with Crippen molar-refractivity contribution in [2.24, 2.45) is 5.92 Å². The molecule has 1 N–H and O–H groups in total. The molecular weight excluding hydrogens is 218 g/mol. The van der Waals surface area contributed by atoms with Gasteiger partial charge in [-0.1, -0.05) is 0 Å². The summed E-state index contributed by atoms with van der Waals surface area (Å²) in [6.45, 7) is 8.49. The molecule has 1 fully saturated rings. The van der Waals surface area contributed by atoms with Crippen molar-refractivity contribution in [2.45, 2.75) is 26.4 Å². The third kappa shape index (κ3) is 3.99. The van der Waals surface area contributed by atoms with Crippen LogP contribution in [-0.2, 0) is 9.53 Å². The molecule has 0 saturated carbocycles. The second-order valence-corrected chi connectivity index (χ2v) is 4.80. The van der Waals surface area contributed by atoms with Crippen molar-refractivity contribution in [2.75, 3.05) is 32.8 Å². The van der Waals surface area contributed by atoms with Gasteiger partial charge in [-0.05, 0) is 20.8 Å². The highest BCUT2D eigenvalue weighted by atomic mass is 16.5. The molecule has 0 aliphatic carbocycles. The summed E-state index contributed by atoms with van der Waals surface area (Å²) in [5.74, 6) is -0.178. The van der Waals surface area contributed by atoms with Crippen LogP contribution in [0.5, 0.6) is 0 Å². The molecule has 1 unspecified atom stereocenters. The number of carbonyl (C=O) groups is 1. The van der Waals surface area contributed by atoms with Crippen molar-refractivity contribution < 1.29 is 9.53 Å². The maximum Gasteiger partial charge on any atom is 0.248 e. The molecule has 5 nitrogen and oxygen atoms in total. The van der Waals surface area contributed by atoms with E-state index in [4.69, 9.17) is 10.00 Å². The lowest BCUT2D eigenvalue weighted by Crippen LogP contribution is -2.59. The van der Waals surface area contributed by atoms with Crippen LogP contribution in [0.1, 0.15) is 20.8 Å². The van der Waals surface area contributed by atoms with Crippen LogP contribution in [0.25, 0.3) is 0 Å². The molecule has 0 aromatic carbocycles. The Balaban J connectivity index is 2.36. The maximum absolute atomic E-state index is 11.9. The zero-order chi connectivity index (χ0) is 12.9. The van der Waals surface area contributed by atoms with E-state index in [0.717, 1.165) is 13.1 Å². The molecule has 1 amide bonds. The molecule has 0 bridgehead atoms. The molecule has 0 aromatic rings. The van der Waals surface area contributed by atoms with Gasteiger partial charge in [-0.3, -0.25) is 4.79 Å². The monoisotopic (exact) mass is 239 g/mol. The van der Waals surface area contributed by atoms with Crippen molar-refractivity contribution >= 4 is 5.91 Å². The molecule has 0 aromatic heterocycles. The Morgan fingerprint density at radius 1 is 1.65 bits per heavy atom. The minimum absolute atomic E-state index is 0.0391. The van der Waals surface area contributed by atoms with Gasteiger partial charge in [0.1, 0.15) is 6.61 Å². The number of amides is 1. The summed E-state index contributed by atoms with van der Waals surface area (Å²) < 4.78 is 5.59. The van der Waals surface area contributed by atoms with Gasteiger partial charge in [0.05, 0.1) is 17.6 Å². The Hall–Kier alpha value is -1.12. The van der Waals surface area contributed by atoms with Crippen LogP contribution >= 0.6 is 0 Å². The molecular formula is C12H21N3O2. The van der Waals surface area contributed by atoms with E-state index < -0.39 is 0 Å². The van der Waals surface area contributed by atoms with Crippen molar-refractivity contribution in [1.29, 1.82) is 5.26 Å². The van der Waals surface area contributed by atoms with Crippen molar-refractivity contribution in [1.82, 2.24) is 10.2 Å². The highest BCUT2D eigenvalue weighted by Crippen LogP contribution is 2.15. The molecule has 5 heteroatoms. The second-order valence-electron chi connectivity index (χ2n) is 4.80. The molecule has 1 heterocycles. The number of likely N-dealkylation sites (N-methyl/N-ethyl adjacent to an activating group) is 1. The van der Waals surface area contributed by atoms with E-state index in [1.54, 1.807) is 4.90 Å². The first kappa shape index (κ1) is 13.9. The summed E-state index contributed by atoms with van der Waals surface area (Å²) >= 11 is 0. The van der Waals surface area contributed by atoms with Crippen molar-refractivity contribution in [3.8, 4) is 6.07 Å². The molecule has 0 spiro atoms. The van der Waals surface area contributed by atoms with Crippen LogP contribution in [0, 0.1) is 17.2 Å². The van der Waals surface area contributed by atoms with Gasteiger partial charge in [0.2, 0.25) is 5.91 Å². The van der Waals surface area contributed by atoms with E-state index in [2.05, 4.69) is 11.4 Å². The topological polar surface area (TPSA) is 65.4 Å². The lowest BCUT2D eigenvalue weighted by atomic mass is 10.0. The molecule has 1 atom stereocenters. The van der Waals surface area contributed by atoms with E-state index in [0.29, 0.717) is 13.1 Å². The lowest BCUT2D eigenvalue weighted by Gasteiger charge is -2.39. The number of nitrogens with zero attached hydrogens (tertiary/aromatic N) is 2. The second kappa shape index (κ2) is 5.99. The van der Waals surface area contributed by atoms with E-state index >= 15 is 0 Å². The number of nitriles is 1. The molecule has 17 heavy (non-hydrogen) atoms. The van der Waals surface area contributed by atoms with Gasteiger partial charge in [0.25, 0.3) is 0 Å². The predicted octanol–water partition coefficient (Wildman–Crippen LogP) is 0.373. The average Bonchev–Trinajstić information content (AvgIpc) is 2.30. The first-order valence-electron chi connectivity index (χ1n) is 6.03. The zero-order valence-electron chi connectivity index (χ0n) is 10.8. The summed E-state index contributed by atoms with van der Waals surface area (Å²) in [6.07, 6.45) is 0. The van der Waals surface area contributed by atoms with E-state index in [-0.39, 0.29) is 24.0 Å². The first-order chi connectivity index (χ1) is 8.00. The Morgan fingerprint density at radius 3 is 2.71 bits per heavy atom. The minimum atomic E-state index is -0.198. The summed E-state index contributed by atoms with van der Waals surface area (Å²) in [6, 6.07) is 2.13. The van der Waals surface area contributed by atoms with Gasteiger partial charge >= 0.3 is 0 Å². The zero-order valence-corrected chi connectivity index (χ0v) is 10.8. The molecule has 1 aliphatic rings. The van der Waals surface area contributed by atoms with Crippen molar-refractivity contribution in [3.63, 3.8) is 0 Å². The van der Waals surface area contributed by atoms with Gasteiger partial charge in [-0.15, -0.1) is 0 Å². The van der Waals surface area contributed by atoms with Gasteiger partial charge in [-0.2, -0.15) is 5.26 Å². The number of rotatable bonds is 6. The Morgan fingerprint density at radius 2 is 2.29 bits per heavy atom. The fourth-order valence-corrected chi connectivity index (χ4v) is 1.69. The molecule has 1 rings (SSSR count). The van der Waals surface area contributed by atoms with Gasteiger partial charge < -0.3 is 15.0 Å². The quantitative estimate of drug-likeness (QED) is 0.727. The molecule has 1 aliphatic heterocycles. The number of nitrogens with one attached hydrogen (secondary N) is 1. The normalized spacial score (nSPS) is 18.9. The summed E-state index contributed by atoms with van der Waals surface area (Å²) in [5, 5.41) is 11.9. The van der Waals surface area contributed by atoms with Gasteiger partial charge in [0.15, 0.2) is 0 Å². The SMILES string of the molecule is CCN(CC(C)C#N)C(=O)COC1(C)CNC1. The number of ether oxygens (including phenoxy) is 1. The molecule has 1 saturated heterocycles. The lowest BCUT2D eigenvalue weighted by molar-refractivity contribution is -0.146. The van der Waals surface area contributed by atoms with Crippen LogP contribution in [-0.4, -0.2) is 49.2 Å². The minimum Gasteiger partial charge on any atom is -0.363 e. The summed E-state index contributed by atoms with van der Waals surface area (Å²) in [4.78, 5) is 13.6. The van der Waals surface area contributed by atoms with Crippen molar-refractivity contribution in [3.05, 3.63) is 0 Å². The average molecular weight is 239 g/mol. The Kier molecular flexibility index (Phi) is 4.91. The third-order valence-corrected chi connectivity index (χ3v) is 2.99. The summed E-state index contributed by atoms with van der Waals surface area (Å²) in [5.41, 5.74) is -0.198. The highest BCUT2D eigenvalue weighted by Gasteiger charge is 2.33. The predicted molar refractivity (Wildman–Crippen MR) is 64.3 cm³/mol. The van der Waals surface area contributed by atoms with Crippen LogP contribution in [0.15, 0.2) is 0 Å². The van der Waals surface area contributed by atoms with E-state index in [1.807, 2.05) is 20.8 Å². The van der Waals surface area contributed by atoms with Gasteiger partial charge in [0, 0.05) is 26.2 Å². The van der Waals surface area contributed by atoms with Crippen LogP contribution in [0.2, 0.25) is 0 Å². The van der Waals surface area contributed by atoms with Gasteiger partial charge in [-0.25, -0.2) is 0 Å². The highest BCUT2D eigenvalue weighted by molar-refractivity contribution is 5.77. The maximum atomic E-state index is 11.9. The fraction of sp³-hybridized carbons (Fsp3) is 0.833.